The second kappa shape index (κ2) is 9.49. The average Bonchev–Trinajstić information content (AvgIpc) is 2.75. The topological polar surface area (TPSA) is 98.1 Å². The number of amides is 1. The standard InChI is InChI=1S/C24H28ClN5O3/c1-24(2,3)29-20(31)14-30-22(15-5-4-6-16(25)11-15)28-21-19(23(30)32)12-18(13-27-21)33-17-7-9-26-10-8-17/h4-6,11-13,17,26H,7-10,14H2,1-3H3,(H,29,31). The first kappa shape index (κ1) is 23.2. The van der Waals surface area contributed by atoms with Crippen LogP contribution in [0.5, 0.6) is 5.75 Å². The van der Waals surface area contributed by atoms with Gasteiger partial charge in [0, 0.05) is 16.1 Å². The predicted molar refractivity (Wildman–Crippen MR) is 129 cm³/mol. The van der Waals surface area contributed by atoms with Crippen LogP contribution in [0.1, 0.15) is 33.6 Å². The highest BCUT2D eigenvalue weighted by Crippen LogP contribution is 2.24. The van der Waals surface area contributed by atoms with Crippen LogP contribution in [0.25, 0.3) is 22.4 Å². The molecule has 0 atom stereocenters. The maximum atomic E-state index is 13.6. The van der Waals surface area contributed by atoms with E-state index in [0.717, 1.165) is 25.9 Å². The molecule has 2 N–H and O–H groups in total. The summed E-state index contributed by atoms with van der Waals surface area (Å²) in [6.07, 6.45) is 3.45. The minimum atomic E-state index is -0.432. The van der Waals surface area contributed by atoms with E-state index in [1.807, 2.05) is 20.8 Å². The molecule has 0 spiro atoms. The lowest BCUT2D eigenvalue weighted by molar-refractivity contribution is -0.123. The number of nitrogens with zero attached hydrogens (tertiary/aromatic N) is 3. The number of benzene rings is 1. The maximum absolute atomic E-state index is 13.6. The van der Waals surface area contributed by atoms with Crippen molar-refractivity contribution in [1.29, 1.82) is 0 Å². The Morgan fingerprint density at radius 3 is 2.73 bits per heavy atom. The van der Waals surface area contributed by atoms with Crippen LogP contribution in [-0.2, 0) is 11.3 Å². The summed E-state index contributed by atoms with van der Waals surface area (Å²) in [5.41, 5.74) is 0.128. The van der Waals surface area contributed by atoms with Crippen molar-refractivity contribution < 1.29 is 9.53 Å². The molecule has 33 heavy (non-hydrogen) atoms. The third-order valence-electron chi connectivity index (χ3n) is 5.27. The molecule has 0 bridgehead atoms. The van der Waals surface area contributed by atoms with Crippen LogP contribution in [0.15, 0.2) is 41.3 Å². The monoisotopic (exact) mass is 469 g/mol. The van der Waals surface area contributed by atoms with Gasteiger partial charge in [0.05, 0.1) is 11.6 Å². The Hall–Kier alpha value is -2.97. The predicted octanol–water partition coefficient (Wildman–Crippen LogP) is 3.16. The van der Waals surface area contributed by atoms with Crippen molar-refractivity contribution in [1.82, 2.24) is 25.2 Å². The maximum Gasteiger partial charge on any atom is 0.263 e. The lowest BCUT2D eigenvalue weighted by Crippen LogP contribution is -2.43. The molecular formula is C24H28ClN5O3. The summed E-state index contributed by atoms with van der Waals surface area (Å²) in [6.45, 7) is 7.27. The van der Waals surface area contributed by atoms with Gasteiger partial charge in [0.1, 0.15) is 24.2 Å². The molecule has 174 valence electrons. The number of pyridine rings is 1. The highest BCUT2D eigenvalue weighted by Gasteiger charge is 2.21. The number of fused-ring (bicyclic) bond motifs is 1. The highest BCUT2D eigenvalue weighted by molar-refractivity contribution is 6.30. The molecule has 1 fully saturated rings. The first-order valence-electron chi connectivity index (χ1n) is 11.0. The number of hydrogen-bond donors (Lipinski definition) is 2. The summed E-state index contributed by atoms with van der Waals surface area (Å²) < 4.78 is 7.43. The fraction of sp³-hybridized carbons (Fsp3) is 0.417. The number of carbonyl (C=O) groups excluding carboxylic acids is 1. The molecule has 1 saturated heterocycles. The van der Waals surface area contributed by atoms with Crippen molar-refractivity contribution in [3.8, 4) is 17.1 Å². The average molecular weight is 470 g/mol. The Bertz CT molecular complexity index is 1230. The normalized spacial score (nSPS) is 14.9. The van der Waals surface area contributed by atoms with Gasteiger partial charge in [-0.15, -0.1) is 0 Å². The zero-order valence-corrected chi connectivity index (χ0v) is 19.8. The second-order valence-electron chi connectivity index (χ2n) is 9.24. The Morgan fingerprint density at radius 2 is 2.03 bits per heavy atom. The summed E-state index contributed by atoms with van der Waals surface area (Å²) in [4.78, 5) is 35.3. The number of rotatable bonds is 5. The first-order chi connectivity index (χ1) is 15.7. The third-order valence-corrected chi connectivity index (χ3v) is 5.51. The zero-order valence-electron chi connectivity index (χ0n) is 19.0. The molecule has 1 amide bonds. The summed E-state index contributed by atoms with van der Waals surface area (Å²) in [5, 5.41) is 7.01. The summed E-state index contributed by atoms with van der Waals surface area (Å²) in [7, 11) is 0. The van der Waals surface area contributed by atoms with Gasteiger partial charge in [0.15, 0.2) is 5.65 Å². The molecule has 9 heteroatoms. The molecule has 8 nitrogen and oxygen atoms in total. The summed E-state index contributed by atoms with van der Waals surface area (Å²) in [6, 6.07) is 8.69. The molecule has 1 aliphatic rings. The molecule has 4 rings (SSSR count). The largest absolute Gasteiger partial charge is 0.489 e. The molecular weight excluding hydrogens is 442 g/mol. The van der Waals surface area contributed by atoms with Crippen LogP contribution < -0.4 is 20.9 Å². The smallest absolute Gasteiger partial charge is 0.263 e. The van der Waals surface area contributed by atoms with E-state index in [4.69, 9.17) is 16.3 Å². The van der Waals surface area contributed by atoms with Gasteiger partial charge in [0.2, 0.25) is 5.91 Å². The number of carbonyl (C=O) groups is 1. The van der Waals surface area contributed by atoms with Crippen molar-refractivity contribution in [3.63, 3.8) is 0 Å². The van der Waals surface area contributed by atoms with E-state index in [-0.39, 0.29) is 24.1 Å². The van der Waals surface area contributed by atoms with Crippen LogP contribution in [-0.4, -0.2) is 45.2 Å². The van der Waals surface area contributed by atoms with Crippen LogP contribution in [0.2, 0.25) is 5.02 Å². The Kier molecular flexibility index (Phi) is 6.67. The molecule has 0 unspecified atom stereocenters. The minimum absolute atomic E-state index is 0.0731. The first-order valence-corrected chi connectivity index (χ1v) is 11.4. The van der Waals surface area contributed by atoms with Gasteiger partial charge in [-0.1, -0.05) is 23.7 Å². The van der Waals surface area contributed by atoms with Gasteiger partial charge in [-0.2, -0.15) is 0 Å². The molecule has 3 aromatic rings. The van der Waals surface area contributed by atoms with E-state index >= 15 is 0 Å². The van der Waals surface area contributed by atoms with E-state index in [1.54, 1.807) is 36.5 Å². The molecule has 3 heterocycles. The highest BCUT2D eigenvalue weighted by atomic mass is 35.5. The Labute approximate surface area is 197 Å². The minimum Gasteiger partial charge on any atom is -0.489 e. The SMILES string of the molecule is CC(C)(C)NC(=O)Cn1c(-c2cccc(Cl)c2)nc2ncc(OC3CCNCC3)cc2c1=O. The number of ether oxygens (including phenoxy) is 1. The second-order valence-corrected chi connectivity index (χ2v) is 9.68. The van der Waals surface area contributed by atoms with Gasteiger partial charge in [-0.3, -0.25) is 14.2 Å². The number of piperidine rings is 1. The lowest BCUT2D eigenvalue weighted by atomic mass is 10.1. The summed E-state index contributed by atoms with van der Waals surface area (Å²) >= 11 is 6.18. The van der Waals surface area contributed by atoms with Gasteiger partial charge < -0.3 is 15.4 Å². The fourth-order valence-electron chi connectivity index (χ4n) is 3.85. The number of aromatic nitrogens is 3. The molecule has 1 aliphatic heterocycles. The molecule has 1 aromatic carbocycles. The fourth-order valence-corrected chi connectivity index (χ4v) is 4.04. The van der Waals surface area contributed by atoms with Crippen molar-refractivity contribution >= 4 is 28.5 Å². The quantitative estimate of drug-likeness (QED) is 0.595. The van der Waals surface area contributed by atoms with Gasteiger partial charge in [-0.25, -0.2) is 9.97 Å². The van der Waals surface area contributed by atoms with Gasteiger partial charge in [-0.05, 0) is 64.9 Å². The van der Waals surface area contributed by atoms with E-state index in [9.17, 15) is 9.59 Å². The van der Waals surface area contributed by atoms with Crippen molar-refractivity contribution in [2.75, 3.05) is 13.1 Å². The van der Waals surface area contributed by atoms with E-state index in [2.05, 4.69) is 20.6 Å². The molecule has 0 radical (unpaired) electrons. The van der Waals surface area contributed by atoms with Crippen molar-refractivity contribution in [2.24, 2.45) is 0 Å². The third kappa shape index (κ3) is 5.69. The Morgan fingerprint density at radius 1 is 1.27 bits per heavy atom. The van der Waals surface area contributed by atoms with Crippen molar-refractivity contribution in [2.45, 2.75) is 51.8 Å². The van der Waals surface area contributed by atoms with E-state index in [0.29, 0.717) is 33.2 Å². The van der Waals surface area contributed by atoms with Gasteiger partial charge in [0.25, 0.3) is 5.56 Å². The van der Waals surface area contributed by atoms with E-state index in [1.165, 1.54) is 4.57 Å². The van der Waals surface area contributed by atoms with Crippen LogP contribution in [0, 0.1) is 0 Å². The molecule has 0 aliphatic carbocycles. The van der Waals surface area contributed by atoms with E-state index < -0.39 is 5.54 Å². The molecule has 2 aromatic heterocycles. The molecule has 0 saturated carbocycles. The number of hydrogen-bond acceptors (Lipinski definition) is 6. The Balaban J connectivity index is 1.78. The van der Waals surface area contributed by atoms with Crippen LogP contribution >= 0.6 is 11.6 Å². The number of nitrogens with one attached hydrogen (secondary N) is 2. The van der Waals surface area contributed by atoms with Crippen molar-refractivity contribution in [3.05, 3.63) is 51.9 Å². The lowest BCUT2D eigenvalue weighted by Gasteiger charge is -2.24. The number of halogens is 1. The van der Waals surface area contributed by atoms with Gasteiger partial charge >= 0.3 is 0 Å². The summed E-state index contributed by atoms with van der Waals surface area (Å²) in [5.74, 6) is 0.567. The van der Waals surface area contributed by atoms with Crippen LogP contribution in [0.4, 0.5) is 0 Å². The van der Waals surface area contributed by atoms with Crippen LogP contribution in [0.3, 0.4) is 0 Å². The zero-order chi connectivity index (χ0) is 23.6.